The van der Waals surface area contributed by atoms with E-state index >= 15 is 0 Å². The first-order valence-corrected chi connectivity index (χ1v) is 11.5. The Labute approximate surface area is 190 Å². The zero-order valence-electron chi connectivity index (χ0n) is 18.3. The Morgan fingerprint density at radius 1 is 0.938 bits per heavy atom. The van der Waals surface area contributed by atoms with E-state index in [2.05, 4.69) is 4.90 Å². The van der Waals surface area contributed by atoms with E-state index in [1.807, 2.05) is 62.6 Å². The average molecular weight is 448 g/mol. The first-order valence-electron chi connectivity index (χ1n) is 10.3. The zero-order chi connectivity index (χ0) is 22.7. The maximum atomic E-state index is 13.5. The second-order valence-electron chi connectivity index (χ2n) is 7.71. The number of benzene rings is 3. The normalized spacial score (nSPS) is 15.1. The number of fused-ring (bicyclic) bond motifs is 1. The first-order chi connectivity index (χ1) is 15.5. The molecular weight excluding hydrogens is 422 g/mol. The Morgan fingerprint density at radius 3 is 2.41 bits per heavy atom. The summed E-state index contributed by atoms with van der Waals surface area (Å²) in [6.07, 6.45) is 0. The summed E-state index contributed by atoms with van der Waals surface area (Å²) in [6, 6.07) is 22.0. The van der Waals surface area contributed by atoms with Crippen molar-refractivity contribution in [2.24, 2.45) is 0 Å². The van der Waals surface area contributed by atoms with E-state index in [0.29, 0.717) is 33.3 Å². The van der Waals surface area contributed by atoms with Crippen molar-refractivity contribution in [2.75, 3.05) is 34.4 Å². The molecule has 0 saturated carbocycles. The van der Waals surface area contributed by atoms with Crippen LogP contribution < -0.4 is 9.47 Å². The Bertz CT molecular complexity index is 1200. The van der Waals surface area contributed by atoms with Gasteiger partial charge in [-0.15, -0.1) is 0 Å². The van der Waals surface area contributed by atoms with Gasteiger partial charge in [0.15, 0.2) is 0 Å². The summed E-state index contributed by atoms with van der Waals surface area (Å²) in [6.45, 7) is 1.40. The van der Waals surface area contributed by atoms with Crippen molar-refractivity contribution >= 4 is 22.2 Å². The van der Waals surface area contributed by atoms with Crippen LogP contribution in [0.3, 0.4) is 0 Å². The van der Waals surface area contributed by atoms with Crippen LogP contribution in [0.2, 0.25) is 0 Å². The molecule has 0 bridgehead atoms. The molecule has 3 aromatic rings. The summed E-state index contributed by atoms with van der Waals surface area (Å²) >= 11 is 0. The van der Waals surface area contributed by atoms with Crippen molar-refractivity contribution in [3.05, 3.63) is 94.4 Å². The lowest BCUT2D eigenvalue weighted by Crippen LogP contribution is -2.19. The number of allylic oxidation sites excluding steroid dienone is 1. The van der Waals surface area contributed by atoms with Crippen molar-refractivity contribution in [1.29, 1.82) is 0 Å². The fourth-order valence-corrected chi connectivity index (χ4v) is 5.09. The van der Waals surface area contributed by atoms with Gasteiger partial charge in [-0.05, 0) is 50.0 Å². The molecule has 0 spiro atoms. The van der Waals surface area contributed by atoms with Crippen LogP contribution in [0.4, 0.5) is 0 Å². The topological polar surface area (TPSA) is 55.8 Å². The Hall–Kier alpha value is -3.22. The van der Waals surface area contributed by atoms with Crippen LogP contribution in [0.15, 0.2) is 82.6 Å². The van der Waals surface area contributed by atoms with Gasteiger partial charge in [-0.1, -0.05) is 42.5 Å². The molecule has 1 aliphatic heterocycles. The maximum absolute atomic E-state index is 13.5. The van der Waals surface area contributed by atoms with Gasteiger partial charge in [-0.2, -0.15) is 0 Å². The van der Waals surface area contributed by atoms with Gasteiger partial charge in [0.1, 0.15) is 23.0 Å². The van der Waals surface area contributed by atoms with Crippen molar-refractivity contribution < 1.29 is 18.5 Å². The van der Waals surface area contributed by atoms with Gasteiger partial charge < -0.3 is 14.4 Å². The van der Waals surface area contributed by atoms with E-state index in [1.165, 1.54) is 0 Å². The number of Topliss-reactive ketones (excluding diaryl/α,β-unsaturated/α-hetero) is 1. The molecule has 0 aliphatic carbocycles. The van der Waals surface area contributed by atoms with Gasteiger partial charge in [-0.3, -0.25) is 4.79 Å². The number of carbonyl (C=O) groups excluding carboxylic acids is 1. The van der Waals surface area contributed by atoms with Gasteiger partial charge >= 0.3 is 0 Å². The third-order valence-corrected chi connectivity index (χ3v) is 6.77. The molecule has 1 heterocycles. The Kier molecular flexibility index (Phi) is 6.53. The lowest BCUT2D eigenvalue weighted by atomic mass is 9.95. The number of carbonyl (C=O) groups is 1. The molecule has 6 heteroatoms. The quantitative estimate of drug-likeness (QED) is 0.479. The Morgan fingerprint density at radius 2 is 1.69 bits per heavy atom. The highest BCUT2D eigenvalue weighted by molar-refractivity contribution is 7.90. The predicted octanol–water partition coefficient (Wildman–Crippen LogP) is 4.40. The first kappa shape index (κ1) is 22.0. The summed E-state index contributed by atoms with van der Waals surface area (Å²) < 4.78 is 24.5. The summed E-state index contributed by atoms with van der Waals surface area (Å²) in [5.74, 6) is 1.07. The smallest absolute Gasteiger partial charge is 0.203 e. The van der Waals surface area contributed by atoms with Gasteiger partial charge in [0, 0.05) is 23.2 Å². The lowest BCUT2D eigenvalue weighted by Gasteiger charge is -2.12. The third kappa shape index (κ3) is 4.38. The standard InChI is InChI=1S/C26H25NO4S/c1-27(2)15-16-31-20-13-11-18(12-14-20)24-22-9-4-5-10-23(22)32(29)26(24)25(28)19-7-6-8-21(17-19)30-3/h4-14,17H,15-16H2,1-3H3. The van der Waals surface area contributed by atoms with Gasteiger partial charge in [0.05, 0.1) is 22.8 Å². The highest BCUT2D eigenvalue weighted by atomic mass is 32.2. The summed E-state index contributed by atoms with van der Waals surface area (Å²) in [5.41, 5.74) is 2.79. The molecule has 32 heavy (non-hydrogen) atoms. The van der Waals surface area contributed by atoms with Crippen LogP contribution in [0.1, 0.15) is 21.5 Å². The van der Waals surface area contributed by atoms with Crippen molar-refractivity contribution in [1.82, 2.24) is 4.90 Å². The van der Waals surface area contributed by atoms with Gasteiger partial charge in [0.25, 0.3) is 0 Å². The summed E-state index contributed by atoms with van der Waals surface area (Å²) in [4.78, 5) is 16.5. The van der Waals surface area contributed by atoms with Crippen molar-refractivity contribution in [3.8, 4) is 11.5 Å². The van der Waals surface area contributed by atoms with E-state index in [1.54, 1.807) is 31.4 Å². The number of likely N-dealkylation sites (N-methyl/N-ethyl adjacent to an activating group) is 1. The number of methoxy groups -OCH3 is 1. The monoisotopic (exact) mass is 447 g/mol. The minimum Gasteiger partial charge on any atom is -0.497 e. The van der Waals surface area contributed by atoms with Crippen LogP contribution in [-0.2, 0) is 10.8 Å². The molecule has 4 rings (SSSR count). The number of ketones is 1. The van der Waals surface area contributed by atoms with Gasteiger partial charge in [0.2, 0.25) is 5.78 Å². The van der Waals surface area contributed by atoms with Crippen molar-refractivity contribution in [3.63, 3.8) is 0 Å². The molecule has 1 unspecified atom stereocenters. The number of rotatable bonds is 8. The lowest BCUT2D eigenvalue weighted by molar-refractivity contribution is 0.104. The fourth-order valence-electron chi connectivity index (χ4n) is 3.60. The minimum atomic E-state index is -1.57. The van der Waals surface area contributed by atoms with E-state index < -0.39 is 10.8 Å². The maximum Gasteiger partial charge on any atom is 0.203 e. The van der Waals surface area contributed by atoms with Crippen LogP contribution in [0, 0.1) is 0 Å². The minimum absolute atomic E-state index is 0.264. The molecule has 0 fully saturated rings. The number of hydrogen-bond donors (Lipinski definition) is 0. The molecule has 164 valence electrons. The molecule has 0 radical (unpaired) electrons. The molecule has 5 nitrogen and oxygen atoms in total. The van der Waals surface area contributed by atoms with E-state index in [9.17, 15) is 9.00 Å². The van der Waals surface area contributed by atoms with Gasteiger partial charge in [-0.25, -0.2) is 4.21 Å². The largest absolute Gasteiger partial charge is 0.497 e. The SMILES string of the molecule is COc1cccc(C(=O)C2=C(c3ccc(OCCN(C)C)cc3)c3ccccc3S2=O)c1. The Balaban J connectivity index is 1.75. The molecule has 0 aromatic heterocycles. The van der Waals surface area contributed by atoms with E-state index in [-0.39, 0.29) is 5.78 Å². The number of ether oxygens (including phenoxy) is 2. The second-order valence-corrected chi connectivity index (χ2v) is 9.09. The van der Waals surface area contributed by atoms with Crippen LogP contribution in [0.25, 0.3) is 5.57 Å². The number of nitrogens with zero attached hydrogens (tertiary/aromatic N) is 1. The van der Waals surface area contributed by atoms with Crippen molar-refractivity contribution in [2.45, 2.75) is 4.90 Å². The third-order valence-electron chi connectivity index (χ3n) is 5.26. The second kappa shape index (κ2) is 9.51. The average Bonchev–Trinajstić information content (AvgIpc) is 3.11. The molecule has 0 saturated heterocycles. The van der Waals surface area contributed by atoms with Crippen LogP contribution in [-0.4, -0.2) is 49.2 Å². The molecule has 0 amide bonds. The molecule has 0 N–H and O–H groups in total. The molecular formula is C26H25NO4S. The van der Waals surface area contributed by atoms with Crippen LogP contribution >= 0.6 is 0 Å². The highest BCUT2D eigenvalue weighted by Gasteiger charge is 2.34. The fraction of sp³-hybridized carbons (Fsp3) is 0.192. The summed E-state index contributed by atoms with van der Waals surface area (Å²) in [5, 5.41) is 0. The van der Waals surface area contributed by atoms with E-state index in [4.69, 9.17) is 9.47 Å². The molecule has 1 aliphatic rings. The predicted molar refractivity (Wildman–Crippen MR) is 127 cm³/mol. The van der Waals surface area contributed by atoms with Crippen LogP contribution in [0.5, 0.6) is 11.5 Å². The molecule has 3 aromatic carbocycles. The highest BCUT2D eigenvalue weighted by Crippen LogP contribution is 2.42. The van der Waals surface area contributed by atoms with E-state index in [0.717, 1.165) is 23.4 Å². The molecule has 1 atom stereocenters. The summed E-state index contributed by atoms with van der Waals surface area (Å²) in [7, 11) is 3.98. The zero-order valence-corrected chi connectivity index (χ0v) is 19.1. The number of hydrogen-bond acceptors (Lipinski definition) is 5.